The third kappa shape index (κ3) is 3.49. The number of anilines is 1. The van der Waals surface area contributed by atoms with Crippen LogP contribution >= 0.6 is 23.8 Å². The number of benzene rings is 2. The molecule has 0 spiro atoms. The van der Waals surface area contributed by atoms with E-state index in [1.54, 1.807) is 15.9 Å². The Morgan fingerprint density at radius 1 is 1.22 bits per heavy atom. The van der Waals surface area contributed by atoms with E-state index in [0.29, 0.717) is 24.5 Å². The first-order valence-electron chi connectivity index (χ1n) is 8.51. The molecule has 2 aliphatic rings. The molecule has 0 saturated carbocycles. The SMILES string of the molecule is O=C1CN(C(=S)Nc2cc(Cl)ccc2F)CC2c3cc(F)ccc3CCN12. The molecule has 2 heterocycles. The van der Waals surface area contributed by atoms with Gasteiger partial charge in [-0.05, 0) is 60.1 Å². The molecule has 4 nitrogen and oxygen atoms in total. The molecule has 2 aromatic carbocycles. The van der Waals surface area contributed by atoms with Gasteiger partial charge in [-0.2, -0.15) is 0 Å². The van der Waals surface area contributed by atoms with Gasteiger partial charge in [0.1, 0.15) is 11.6 Å². The van der Waals surface area contributed by atoms with E-state index in [1.165, 1.54) is 30.3 Å². The highest BCUT2D eigenvalue weighted by molar-refractivity contribution is 7.80. The predicted octanol–water partition coefficient (Wildman–Crippen LogP) is 3.76. The molecular formula is C19H16ClF2N3OS. The van der Waals surface area contributed by atoms with Gasteiger partial charge in [-0.15, -0.1) is 0 Å². The summed E-state index contributed by atoms with van der Waals surface area (Å²) in [5, 5.41) is 3.43. The van der Waals surface area contributed by atoms with Crippen LogP contribution in [0.15, 0.2) is 36.4 Å². The van der Waals surface area contributed by atoms with Gasteiger partial charge < -0.3 is 15.1 Å². The smallest absolute Gasteiger partial charge is 0.242 e. The molecule has 27 heavy (non-hydrogen) atoms. The van der Waals surface area contributed by atoms with Crippen molar-refractivity contribution in [2.24, 2.45) is 0 Å². The Morgan fingerprint density at radius 3 is 2.85 bits per heavy atom. The molecule has 0 aliphatic carbocycles. The molecule has 4 rings (SSSR count). The van der Waals surface area contributed by atoms with Gasteiger partial charge in [-0.25, -0.2) is 8.78 Å². The van der Waals surface area contributed by atoms with Crippen LogP contribution in [0.4, 0.5) is 14.5 Å². The van der Waals surface area contributed by atoms with Gasteiger partial charge in [-0.3, -0.25) is 4.79 Å². The molecule has 1 amide bonds. The first-order chi connectivity index (χ1) is 12.9. The van der Waals surface area contributed by atoms with Crippen molar-refractivity contribution in [1.82, 2.24) is 9.80 Å². The van der Waals surface area contributed by atoms with Crippen molar-refractivity contribution in [3.63, 3.8) is 0 Å². The molecule has 1 atom stereocenters. The summed E-state index contributed by atoms with van der Waals surface area (Å²) in [6.45, 7) is 1.10. The molecular weight excluding hydrogens is 392 g/mol. The number of thiocarbonyl (C=S) groups is 1. The predicted molar refractivity (Wildman–Crippen MR) is 104 cm³/mol. The summed E-state index contributed by atoms with van der Waals surface area (Å²) in [4.78, 5) is 16.1. The Hall–Kier alpha value is -2.25. The second kappa shape index (κ2) is 7.05. The quantitative estimate of drug-likeness (QED) is 0.730. The highest BCUT2D eigenvalue weighted by Crippen LogP contribution is 2.34. The zero-order valence-electron chi connectivity index (χ0n) is 14.2. The molecule has 0 bridgehead atoms. The largest absolute Gasteiger partial charge is 0.337 e. The van der Waals surface area contributed by atoms with E-state index in [0.717, 1.165) is 11.1 Å². The zero-order valence-corrected chi connectivity index (χ0v) is 15.8. The van der Waals surface area contributed by atoms with Crippen LogP contribution in [-0.4, -0.2) is 40.5 Å². The van der Waals surface area contributed by atoms with E-state index in [4.69, 9.17) is 23.8 Å². The van der Waals surface area contributed by atoms with Gasteiger partial charge in [0, 0.05) is 18.1 Å². The van der Waals surface area contributed by atoms with Crippen molar-refractivity contribution >= 4 is 40.5 Å². The van der Waals surface area contributed by atoms with Gasteiger partial charge in [0.25, 0.3) is 0 Å². The Labute approximate surface area is 165 Å². The average Bonchev–Trinajstić information content (AvgIpc) is 2.64. The summed E-state index contributed by atoms with van der Waals surface area (Å²) in [6, 6.07) is 8.53. The van der Waals surface area contributed by atoms with Gasteiger partial charge in [0.05, 0.1) is 18.3 Å². The number of carbonyl (C=O) groups is 1. The van der Waals surface area contributed by atoms with Crippen LogP contribution in [0.5, 0.6) is 0 Å². The van der Waals surface area contributed by atoms with Gasteiger partial charge >= 0.3 is 0 Å². The molecule has 2 aliphatic heterocycles. The summed E-state index contributed by atoms with van der Waals surface area (Å²) in [7, 11) is 0. The minimum Gasteiger partial charge on any atom is -0.337 e. The minimum atomic E-state index is -0.489. The van der Waals surface area contributed by atoms with E-state index >= 15 is 0 Å². The fourth-order valence-electron chi connectivity index (χ4n) is 3.63. The number of rotatable bonds is 1. The first kappa shape index (κ1) is 18.1. The van der Waals surface area contributed by atoms with Gasteiger partial charge in [-0.1, -0.05) is 17.7 Å². The van der Waals surface area contributed by atoms with Crippen LogP contribution in [0.2, 0.25) is 5.02 Å². The fourth-order valence-corrected chi connectivity index (χ4v) is 4.05. The molecule has 1 N–H and O–H groups in total. The maximum Gasteiger partial charge on any atom is 0.242 e. The van der Waals surface area contributed by atoms with Gasteiger partial charge in [0.2, 0.25) is 5.91 Å². The number of hydrogen-bond acceptors (Lipinski definition) is 2. The molecule has 0 aromatic heterocycles. The summed E-state index contributed by atoms with van der Waals surface area (Å²) in [6.07, 6.45) is 0.703. The van der Waals surface area contributed by atoms with Crippen LogP contribution in [0.1, 0.15) is 17.2 Å². The second-order valence-corrected chi connectivity index (χ2v) is 7.45. The standard InChI is InChI=1S/C19H16ClF2N3OS/c20-12-2-4-15(22)16(7-12)23-19(27)24-9-17-14-8-13(21)3-1-11(14)5-6-25(17)18(26)10-24/h1-4,7-8,17H,5-6,9-10H2,(H,23,27). The lowest BCUT2D eigenvalue weighted by atomic mass is 9.90. The minimum absolute atomic E-state index is 0.0862. The molecule has 8 heteroatoms. The lowest BCUT2D eigenvalue weighted by molar-refractivity contribution is -0.138. The van der Waals surface area contributed by atoms with E-state index in [-0.39, 0.29) is 35.1 Å². The number of halogens is 3. The molecule has 1 unspecified atom stereocenters. The number of hydrogen-bond donors (Lipinski definition) is 1. The molecule has 1 fully saturated rings. The number of nitrogens with zero attached hydrogens (tertiary/aromatic N) is 2. The van der Waals surface area contributed by atoms with Crippen molar-refractivity contribution < 1.29 is 13.6 Å². The Bertz CT molecular complexity index is 939. The lowest BCUT2D eigenvalue weighted by Gasteiger charge is -2.45. The van der Waals surface area contributed by atoms with Crippen molar-refractivity contribution in [2.75, 3.05) is 25.0 Å². The average molecular weight is 408 g/mol. The second-order valence-electron chi connectivity index (χ2n) is 6.63. The maximum atomic E-state index is 14.0. The topological polar surface area (TPSA) is 35.6 Å². The Morgan fingerprint density at radius 2 is 2.04 bits per heavy atom. The molecule has 140 valence electrons. The summed E-state index contributed by atoms with van der Waals surface area (Å²) < 4.78 is 27.7. The van der Waals surface area contributed by atoms with E-state index in [2.05, 4.69) is 5.32 Å². The van der Waals surface area contributed by atoms with E-state index < -0.39 is 5.82 Å². The third-order valence-electron chi connectivity index (χ3n) is 4.96. The van der Waals surface area contributed by atoms with Crippen LogP contribution < -0.4 is 5.32 Å². The summed E-state index contributed by atoms with van der Waals surface area (Å²) >= 11 is 11.3. The maximum absolute atomic E-state index is 14.0. The first-order valence-corrected chi connectivity index (χ1v) is 9.30. The highest BCUT2D eigenvalue weighted by atomic mass is 35.5. The number of carbonyl (C=O) groups excluding carboxylic acids is 1. The van der Waals surface area contributed by atoms with Crippen molar-refractivity contribution in [3.05, 3.63) is 64.2 Å². The Kier molecular flexibility index (Phi) is 4.74. The van der Waals surface area contributed by atoms with E-state index in [1.807, 2.05) is 0 Å². The Balaban J connectivity index is 1.58. The molecule has 0 radical (unpaired) electrons. The van der Waals surface area contributed by atoms with Gasteiger partial charge in [0.15, 0.2) is 5.11 Å². The number of nitrogens with one attached hydrogen (secondary N) is 1. The van der Waals surface area contributed by atoms with Crippen molar-refractivity contribution in [2.45, 2.75) is 12.5 Å². The zero-order chi connectivity index (χ0) is 19.1. The molecule has 2 aromatic rings. The monoisotopic (exact) mass is 407 g/mol. The van der Waals surface area contributed by atoms with Crippen LogP contribution in [-0.2, 0) is 11.2 Å². The van der Waals surface area contributed by atoms with Crippen LogP contribution in [0, 0.1) is 11.6 Å². The van der Waals surface area contributed by atoms with E-state index in [9.17, 15) is 13.6 Å². The highest BCUT2D eigenvalue weighted by Gasteiger charge is 2.38. The van der Waals surface area contributed by atoms with Crippen LogP contribution in [0.25, 0.3) is 0 Å². The lowest BCUT2D eigenvalue weighted by Crippen LogP contribution is -2.56. The van der Waals surface area contributed by atoms with Crippen molar-refractivity contribution in [3.8, 4) is 0 Å². The van der Waals surface area contributed by atoms with Crippen molar-refractivity contribution in [1.29, 1.82) is 0 Å². The number of piperazine rings is 1. The molecule has 1 saturated heterocycles. The fraction of sp³-hybridized carbons (Fsp3) is 0.263. The number of fused-ring (bicyclic) bond motifs is 3. The summed E-state index contributed by atoms with van der Waals surface area (Å²) in [5.74, 6) is -0.907. The number of amides is 1. The van der Waals surface area contributed by atoms with Crippen LogP contribution in [0.3, 0.4) is 0 Å². The third-order valence-corrected chi connectivity index (χ3v) is 5.56. The normalized spacial score (nSPS) is 18.8. The summed E-state index contributed by atoms with van der Waals surface area (Å²) in [5.41, 5.74) is 1.99.